The fourth-order valence-corrected chi connectivity index (χ4v) is 2.90. The highest BCUT2D eigenvalue weighted by molar-refractivity contribution is 8.00. The average molecular weight is 302 g/mol. The Hall–Kier alpha value is -1.61. The number of hydrogen-bond acceptors (Lipinski definition) is 2. The third-order valence-corrected chi connectivity index (χ3v) is 4.09. The van der Waals surface area contributed by atoms with Gasteiger partial charge in [0.05, 0.1) is 5.75 Å². The van der Waals surface area contributed by atoms with E-state index in [1.54, 1.807) is 12.1 Å². The summed E-state index contributed by atoms with van der Waals surface area (Å²) >= 11 is 1.44. The van der Waals surface area contributed by atoms with Gasteiger partial charge < -0.3 is 0 Å². The van der Waals surface area contributed by atoms with E-state index in [0.717, 1.165) is 16.9 Å². The highest BCUT2D eigenvalue weighted by Crippen LogP contribution is 2.20. The lowest BCUT2D eigenvalue weighted by molar-refractivity contribution is 0.102. The Kier molecular flexibility index (Phi) is 5.57. The second-order valence-electron chi connectivity index (χ2n) is 5.46. The molecule has 21 heavy (non-hydrogen) atoms. The molecule has 0 aliphatic rings. The molecule has 0 saturated carbocycles. The highest BCUT2D eigenvalue weighted by Gasteiger charge is 2.08. The number of rotatable bonds is 6. The summed E-state index contributed by atoms with van der Waals surface area (Å²) in [7, 11) is 0. The Labute approximate surface area is 129 Å². The molecule has 110 valence electrons. The summed E-state index contributed by atoms with van der Waals surface area (Å²) in [5.74, 6) is 0.794. The zero-order valence-electron chi connectivity index (χ0n) is 12.3. The number of carbonyl (C=O) groups excluding carboxylic acids is 1. The summed E-state index contributed by atoms with van der Waals surface area (Å²) in [6, 6.07) is 14.1. The predicted molar refractivity (Wildman–Crippen MR) is 86.4 cm³/mol. The first-order chi connectivity index (χ1) is 10.0. The Morgan fingerprint density at radius 3 is 2.52 bits per heavy atom. The van der Waals surface area contributed by atoms with Gasteiger partial charge in [-0.25, -0.2) is 4.39 Å². The molecule has 0 bridgehead atoms. The Morgan fingerprint density at radius 2 is 1.86 bits per heavy atom. The van der Waals surface area contributed by atoms with E-state index in [9.17, 15) is 9.18 Å². The maximum atomic E-state index is 12.8. The maximum absolute atomic E-state index is 12.8. The van der Waals surface area contributed by atoms with Crippen LogP contribution < -0.4 is 0 Å². The molecule has 0 radical (unpaired) electrons. The molecule has 0 atom stereocenters. The molecule has 0 unspecified atom stereocenters. The van der Waals surface area contributed by atoms with Crippen LogP contribution in [0, 0.1) is 11.7 Å². The molecule has 0 N–H and O–H groups in total. The largest absolute Gasteiger partial charge is 0.293 e. The predicted octanol–water partition coefficient (Wildman–Crippen LogP) is 5.00. The van der Waals surface area contributed by atoms with Crippen LogP contribution in [0.4, 0.5) is 4.39 Å². The van der Waals surface area contributed by atoms with E-state index in [-0.39, 0.29) is 11.6 Å². The van der Waals surface area contributed by atoms with Crippen molar-refractivity contribution >= 4 is 17.5 Å². The van der Waals surface area contributed by atoms with Crippen LogP contribution >= 0.6 is 11.8 Å². The lowest BCUT2D eigenvalue weighted by atomic mass is 10.00. The van der Waals surface area contributed by atoms with Crippen molar-refractivity contribution in [2.75, 3.05) is 5.75 Å². The van der Waals surface area contributed by atoms with Crippen molar-refractivity contribution in [3.8, 4) is 0 Å². The van der Waals surface area contributed by atoms with Gasteiger partial charge in [0.25, 0.3) is 0 Å². The van der Waals surface area contributed by atoms with Gasteiger partial charge in [-0.05, 0) is 48.2 Å². The van der Waals surface area contributed by atoms with Gasteiger partial charge in [0.1, 0.15) is 5.82 Å². The van der Waals surface area contributed by atoms with Crippen LogP contribution in [0.5, 0.6) is 0 Å². The van der Waals surface area contributed by atoms with Crippen LogP contribution in [-0.2, 0) is 6.42 Å². The van der Waals surface area contributed by atoms with Gasteiger partial charge in [0, 0.05) is 10.5 Å². The lowest BCUT2D eigenvalue weighted by Gasteiger charge is -2.07. The quantitative estimate of drug-likeness (QED) is 0.552. The van der Waals surface area contributed by atoms with Crippen molar-refractivity contribution in [3.05, 3.63) is 65.5 Å². The minimum absolute atomic E-state index is 0.106. The number of ketones is 1. The minimum atomic E-state index is -0.257. The van der Waals surface area contributed by atoms with E-state index >= 15 is 0 Å². The maximum Gasteiger partial charge on any atom is 0.173 e. The van der Waals surface area contributed by atoms with Crippen LogP contribution in [0.15, 0.2) is 53.4 Å². The molecule has 1 nitrogen and oxygen atoms in total. The third kappa shape index (κ3) is 5.01. The van der Waals surface area contributed by atoms with Gasteiger partial charge in [-0.1, -0.05) is 32.0 Å². The molecule has 2 aromatic rings. The van der Waals surface area contributed by atoms with E-state index in [4.69, 9.17) is 0 Å². The summed E-state index contributed by atoms with van der Waals surface area (Å²) in [6.07, 6.45) is 0.978. The minimum Gasteiger partial charge on any atom is -0.293 e. The molecule has 3 heteroatoms. The van der Waals surface area contributed by atoms with Crippen LogP contribution in [0.25, 0.3) is 0 Å². The second kappa shape index (κ2) is 7.41. The standard InChI is InChI=1S/C18H19FOS/c1-13(2)10-14-4-3-5-15(11-14)18(20)12-21-17-8-6-16(19)7-9-17/h3-9,11,13H,10,12H2,1-2H3. The molecule has 0 aromatic heterocycles. The van der Waals surface area contributed by atoms with E-state index in [0.29, 0.717) is 11.7 Å². The fourth-order valence-electron chi connectivity index (χ4n) is 2.11. The smallest absolute Gasteiger partial charge is 0.173 e. The van der Waals surface area contributed by atoms with Gasteiger partial charge >= 0.3 is 0 Å². The van der Waals surface area contributed by atoms with Gasteiger partial charge in [-0.2, -0.15) is 0 Å². The Morgan fingerprint density at radius 1 is 1.14 bits per heavy atom. The second-order valence-corrected chi connectivity index (χ2v) is 6.51. The number of halogens is 1. The van der Waals surface area contributed by atoms with Crippen molar-refractivity contribution in [3.63, 3.8) is 0 Å². The third-order valence-electron chi connectivity index (χ3n) is 3.08. The summed E-state index contributed by atoms with van der Waals surface area (Å²) in [5.41, 5.74) is 1.95. The van der Waals surface area contributed by atoms with Crippen LogP contribution in [0.1, 0.15) is 29.8 Å². The Balaban J connectivity index is 1.98. The fraction of sp³-hybridized carbons (Fsp3) is 0.278. The molecule has 2 rings (SSSR count). The number of benzene rings is 2. The summed E-state index contributed by atoms with van der Waals surface area (Å²) in [6.45, 7) is 4.33. The van der Waals surface area contributed by atoms with Crippen molar-refractivity contribution in [1.29, 1.82) is 0 Å². The molecule has 0 aliphatic carbocycles. The molecule has 0 saturated heterocycles. The topological polar surface area (TPSA) is 17.1 Å². The molecule has 0 amide bonds. The normalized spacial score (nSPS) is 10.9. The average Bonchev–Trinajstić information content (AvgIpc) is 2.46. The van der Waals surface area contributed by atoms with E-state index in [1.165, 1.54) is 29.5 Å². The summed E-state index contributed by atoms with van der Waals surface area (Å²) in [4.78, 5) is 13.1. The Bertz CT molecular complexity index is 605. The number of thioether (sulfide) groups is 1. The number of Topliss-reactive ketones (excluding diaryl/α,β-unsaturated/α-hetero) is 1. The highest BCUT2D eigenvalue weighted by atomic mass is 32.2. The zero-order chi connectivity index (χ0) is 15.2. The van der Waals surface area contributed by atoms with Crippen molar-refractivity contribution in [2.45, 2.75) is 25.2 Å². The number of hydrogen-bond donors (Lipinski definition) is 0. The molecular weight excluding hydrogens is 283 g/mol. The monoisotopic (exact) mass is 302 g/mol. The van der Waals surface area contributed by atoms with Crippen molar-refractivity contribution < 1.29 is 9.18 Å². The first-order valence-electron chi connectivity index (χ1n) is 7.05. The van der Waals surface area contributed by atoms with E-state index < -0.39 is 0 Å². The molecule has 0 heterocycles. The molecule has 2 aromatic carbocycles. The van der Waals surface area contributed by atoms with Crippen LogP contribution in [0.2, 0.25) is 0 Å². The molecular formula is C18H19FOS. The first-order valence-corrected chi connectivity index (χ1v) is 8.03. The van der Waals surface area contributed by atoms with Crippen molar-refractivity contribution in [1.82, 2.24) is 0 Å². The van der Waals surface area contributed by atoms with Gasteiger partial charge in [0.15, 0.2) is 5.78 Å². The summed E-state index contributed by atoms with van der Waals surface area (Å²) < 4.78 is 12.8. The van der Waals surface area contributed by atoms with Gasteiger partial charge in [-0.15, -0.1) is 11.8 Å². The van der Waals surface area contributed by atoms with E-state index in [2.05, 4.69) is 19.9 Å². The van der Waals surface area contributed by atoms with Gasteiger partial charge in [-0.3, -0.25) is 4.79 Å². The van der Waals surface area contributed by atoms with Gasteiger partial charge in [0.2, 0.25) is 0 Å². The van der Waals surface area contributed by atoms with Crippen LogP contribution in [-0.4, -0.2) is 11.5 Å². The summed E-state index contributed by atoms with van der Waals surface area (Å²) in [5, 5.41) is 0. The lowest BCUT2D eigenvalue weighted by Crippen LogP contribution is -2.04. The molecule has 0 aliphatic heterocycles. The first kappa shape index (κ1) is 15.8. The molecule has 0 fully saturated rings. The van der Waals surface area contributed by atoms with E-state index in [1.807, 2.05) is 18.2 Å². The molecule has 0 spiro atoms. The van der Waals surface area contributed by atoms with Crippen molar-refractivity contribution in [2.24, 2.45) is 5.92 Å². The zero-order valence-corrected chi connectivity index (χ0v) is 13.1. The van der Waals surface area contributed by atoms with Crippen LogP contribution in [0.3, 0.4) is 0 Å². The number of carbonyl (C=O) groups is 1. The SMILES string of the molecule is CC(C)Cc1cccc(C(=O)CSc2ccc(F)cc2)c1.